The average molecular weight is 495 g/mol. The zero-order chi connectivity index (χ0) is 26.3. The fourth-order valence-corrected chi connectivity index (χ4v) is 3.32. The van der Waals surface area contributed by atoms with Crippen LogP contribution in [0.1, 0.15) is 46.1 Å². The molecule has 1 aromatic carbocycles. The number of hydrogen-bond donors (Lipinski definition) is 1. The standard InChI is InChI=1S/C26H38O9/c1-6-26(4,24(30)35-16-15-32-14-13-27)19-25(2,3)23(29)34-18-17-33-22(28)12-9-20-7-10-21(31-5)11-8-20/h7-12,27H,6,13-19H2,1-5H3/b12-9+. The Morgan fingerprint density at radius 2 is 1.49 bits per heavy atom. The van der Waals surface area contributed by atoms with Crippen molar-refractivity contribution in [2.24, 2.45) is 10.8 Å². The Labute approximate surface area is 207 Å². The Hall–Kier alpha value is -2.91. The van der Waals surface area contributed by atoms with Crippen LogP contribution in [0.15, 0.2) is 30.3 Å². The Morgan fingerprint density at radius 3 is 2.09 bits per heavy atom. The maximum Gasteiger partial charge on any atom is 0.330 e. The number of benzene rings is 1. The average Bonchev–Trinajstić information content (AvgIpc) is 2.84. The first-order valence-corrected chi connectivity index (χ1v) is 11.6. The lowest BCUT2D eigenvalue weighted by Crippen LogP contribution is -2.39. The molecule has 0 aromatic heterocycles. The van der Waals surface area contributed by atoms with Crippen LogP contribution in [0, 0.1) is 10.8 Å². The highest BCUT2D eigenvalue weighted by molar-refractivity contribution is 5.87. The summed E-state index contributed by atoms with van der Waals surface area (Å²) < 4.78 is 25.8. The number of methoxy groups -OCH3 is 1. The van der Waals surface area contributed by atoms with E-state index in [1.807, 2.05) is 6.92 Å². The Morgan fingerprint density at radius 1 is 0.886 bits per heavy atom. The van der Waals surface area contributed by atoms with Gasteiger partial charge in [-0.3, -0.25) is 9.59 Å². The van der Waals surface area contributed by atoms with Gasteiger partial charge in [-0.25, -0.2) is 4.79 Å². The van der Waals surface area contributed by atoms with E-state index in [1.54, 1.807) is 58.2 Å². The molecular formula is C26H38O9. The molecule has 1 atom stereocenters. The molecule has 0 amide bonds. The number of carbonyl (C=O) groups is 3. The first kappa shape index (κ1) is 30.1. The quantitative estimate of drug-likeness (QED) is 0.160. The number of rotatable bonds is 16. The zero-order valence-corrected chi connectivity index (χ0v) is 21.3. The van der Waals surface area contributed by atoms with Crippen molar-refractivity contribution >= 4 is 24.0 Å². The van der Waals surface area contributed by atoms with E-state index in [1.165, 1.54) is 6.08 Å². The molecule has 0 aliphatic heterocycles. The van der Waals surface area contributed by atoms with Crippen LogP contribution < -0.4 is 4.74 Å². The number of aliphatic hydroxyl groups excluding tert-OH is 1. The van der Waals surface area contributed by atoms with Crippen LogP contribution >= 0.6 is 0 Å². The molecule has 1 rings (SSSR count). The molecule has 0 aliphatic carbocycles. The largest absolute Gasteiger partial charge is 0.497 e. The normalized spacial score (nSPS) is 13.2. The second-order valence-corrected chi connectivity index (χ2v) is 8.86. The van der Waals surface area contributed by atoms with Gasteiger partial charge in [0.05, 0.1) is 37.8 Å². The fraction of sp³-hybridized carbons (Fsp3) is 0.577. The summed E-state index contributed by atoms with van der Waals surface area (Å²) in [6.07, 6.45) is 3.59. The lowest BCUT2D eigenvalue weighted by Gasteiger charge is -2.33. The smallest absolute Gasteiger partial charge is 0.330 e. The lowest BCUT2D eigenvalue weighted by molar-refractivity contribution is -0.165. The second kappa shape index (κ2) is 15.2. The van der Waals surface area contributed by atoms with Gasteiger partial charge in [0, 0.05) is 6.08 Å². The number of aliphatic hydroxyl groups is 1. The van der Waals surface area contributed by atoms with E-state index in [-0.39, 0.29) is 46.1 Å². The van der Waals surface area contributed by atoms with Crippen LogP contribution in [0.25, 0.3) is 6.08 Å². The Bertz CT molecular complexity index is 830. The van der Waals surface area contributed by atoms with Crippen LogP contribution in [0.3, 0.4) is 0 Å². The van der Waals surface area contributed by atoms with E-state index in [0.717, 1.165) is 11.3 Å². The van der Waals surface area contributed by atoms with Gasteiger partial charge in [0.2, 0.25) is 0 Å². The molecule has 0 heterocycles. The van der Waals surface area contributed by atoms with Gasteiger partial charge < -0.3 is 28.8 Å². The number of esters is 3. The molecule has 0 radical (unpaired) electrons. The summed E-state index contributed by atoms with van der Waals surface area (Å²) in [5.74, 6) is -0.762. The van der Waals surface area contributed by atoms with E-state index >= 15 is 0 Å². The van der Waals surface area contributed by atoms with Crippen molar-refractivity contribution in [2.45, 2.75) is 40.5 Å². The minimum Gasteiger partial charge on any atom is -0.497 e. The third-order valence-electron chi connectivity index (χ3n) is 5.44. The van der Waals surface area contributed by atoms with E-state index in [2.05, 4.69) is 0 Å². The van der Waals surface area contributed by atoms with E-state index in [9.17, 15) is 14.4 Å². The maximum absolute atomic E-state index is 12.6. The Balaban J connectivity index is 2.46. The highest BCUT2D eigenvalue weighted by atomic mass is 16.6. The minimum atomic E-state index is -0.963. The number of ether oxygens (including phenoxy) is 5. The first-order chi connectivity index (χ1) is 16.6. The molecular weight excluding hydrogens is 456 g/mol. The molecule has 0 aliphatic rings. The summed E-state index contributed by atoms with van der Waals surface area (Å²) in [5, 5.41) is 8.70. The molecule has 35 heavy (non-hydrogen) atoms. The lowest BCUT2D eigenvalue weighted by atomic mass is 9.72. The van der Waals surface area contributed by atoms with E-state index < -0.39 is 28.7 Å². The zero-order valence-electron chi connectivity index (χ0n) is 21.3. The monoisotopic (exact) mass is 494 g/mol. The summed E-state index contributed by atoms with van der Waals surface area (Å²) in [4.78, 5) is 37.1. The summed E-state index contributed by atoms with van der Waals surface area (Å²) in [6.45, 7) is 7.14. The van der Waals surface area contributed by atoms with Crippen molar-refractivity contribution in [3.8, 4) is 5.75 Å². The van der Waals surface area contributed by atoms with Gasteiger partial charge in [0.25, 0.3) is 0 Å². The van der Waals surface area contributed by atoms with Crippen LogP contribution in [-0.2, 0) is 33.3 Å². The fourth-order valence-electron chi connectivity index (χ4n) is 3.32. The third kappa shape index (κ3) is 10.9. The molecule has 196 valence electrons. The summed E-state index contributed by atoms with van der Waals surface area (Å²) in [7, 11) is 1.58. The first-order valence-electron chi connectivity index (χ1n) is 11.6. The molecule has 0 saturated heterocycles. The Kier molecular flexibility index (Phi) is 13.0. The van der Waals surface area contributed by atoms with Crippen LogP contribution in [0.5, 0.6) is 5.75 Å². The number of carbonyl (C=O) groups excluding carboxylic acids is 3. The highest BCUT2D eigenvalue weighted by Gasteiger charge is 2.42. The van der Waals surface area contributed by atoms with Gasteiger partial charge in [-0.1, -0.05) is 19.1 Å². The van der Waals surface area contributed by atoms with Gasteiger partial charge in [-0.05, 0) is 57.4 Å². The van der Waals surface area contributed by atoms with Crippen LogP contribution in [-0.4, -0.2) is 69.8 Å². The maximum atomic E-state index is 12.6. The predicted molar refractivity (Wildman–Crippen MR) is 130 cm³/mol. The topological polar surface area (TPSA) is 118 Å². The third-order valence-corrected chi connectivity index (χ3v) is 5.44. The molecule has 1 N–H and O–H groups in total. The molecule has 0 fully saturated rings. The molecule has 9 heteroatoms. The molecule has 0 saturated carbocycles. The van der Waals surface area contributed by atoms with Gasteiger partial charge in [-0.2, -0.15) is 0 Å². The molecule has 9 nitrogen and oxygen atoms in total. The van der Waals surface area contributed by atoms with Crippen molar-refractivity contribution in [3.05, 3.63) is 35.9 Å². The van der Waals surface area contributed by atoms with Crippen molar-refractivity contribution in [1.29, 1.82) is 0 Å². The predicted octanol–water partition coefficient (Wildman–Crippen LogP) is 3.18. The van der Waals surface area contributed by atoms with Gasteiger partial charge in [0.15, 0.2) is 0 Å². The van der Waals surface area contributed by atoms with Crippen LogP contribution in [0.4, 0.5) is 0 Å². The van der Waals surface area contributed by atoms with Crippen molar-refractivity contribution < 1.29 is 43.2 Å². The molecule has 1 aromatic rings. The van der Waals surface area contributed by atoms with Crippen LogP contribution in [0.2, 0.25) is 0 Å². The van der Waals surface area contributed by atoms with Crippen molar-refractivity contribution in [2.75, 3.05) is 46.8 Å². The summed E-state index contributed by atoms with van der Waals surface area (Å²) >= 11 is 0. The summed E-state index contributed by atoms with van der Waals surface area (Å²) in [6, 6.07) is 7.17. The molecule has 0 spiro atoms. The van der Waals surface area contributed by atoms with Gasteiger partial charge >= 0.3 is 17.9 Å². The SMILES string of the molecule is CCC(C)(CC(C)(C)C(=O)OCCOC(=O)/C=C/c1ccc(OC)cc1)C(=O)OCCOCCO. The molecule has 0 bridgehead atoms. The second-order valence-electron chi connectivity index (χ2n) is 8.86. The van der Waals surface area contributed by atoms with Gasteiger partial charge in [0.1, 0.15) is 25.6 Å². The van der Waals surface area contributed by atoms with Gasteiger partial charge in [-0.15, -0.1) is 0 Å². The minimum absolute atomic E-state index is 0.0670. The highest BCUT2D eigenvalue weighted by Crippen LogP contribution is 2.38. The molecule has 1 unspecified atom stereocenters. The van der Waals surface area contributed by atoms with Crippen molar-refractivity contribution in [3.63, 3.8) is 0 Å². The summed E-state index contributed by atoms with van der Waals surface area (Å²) in [5.41, 5.74) is -1.04. The van der Waals surface area contributed by atoms with E-state index in [4.69, 9.17) is 28.8 Å². The van der Waals surface area contributed by atoms with E-state index in [0.29, 0.717) is 6.42 Å². The van der Waals surface area contributed by atoms with Crippen molar-refractivity contribution in [1.82, 2.24) is 0 Å². The number of hydrogen-bond acceptors (Lipinski definition) is 9.